The van der Waals surface area contributed by atoms with Gasteiger partial charge in [-0.05, 0) is 55.2 Å². The van der Waals surface area contributed by atoms with Gasteiger partial charge in [-0.15, -0.1) is 0 Å². The fourth-order valence-electron chi connectivity index (χ4n) is 3.40. The number of hydrogen-bond acceptors (Lipinski definition) is 0. The maximum Gasteiger partial charge on any atom is -0.00928 e. The molecule has 0 heteroatoms. The topological polar surface area (TPSA) is 0 Å². The Bertz CT molecular complexity index is 801. The van der Waals surface area contributed by atoms with Crippen molar-refractivity contribution in [1.82, 2.24) is 0 Å². The summed E-state index contributed by atoms with van der Waals surface area (Å²) in [6.07, 6.45) is 13.5. The maximum absolute atomic E-state index is 2.35. The van der Waals surface area contributed by atoms with Crippen molar-refractivity contribution >= 4 is 0 Å². The van der Waals surface area contributed by atoms with E-state index in [1.165, 1.54) is 22.3 Å². The van der Waals surface area contributed by atoms with Gasteiger partial charge in [0.25, 0.3) is 0 Å². The van der Waals surface area contributed by atoms with Crippen LogP contribution in [0.15, 0.2) is 109 Å². The van der Waals surface area contributed by atoms with Crippen molar-refractivity contribution in [3.63, 3.8) is 0 Å². The molecule has 0 saturated heterocycles. The number of aryl methyl sites for hydroxylation is 1. The van der Waals surface area contributed by atoms with E-state index in [-0.39, 0.29) is 0 Å². The third kappa shape index (κ3) is 6.70. The van der Waals surface area contributed by atoms with Crippen molar-refractivity contribution in [3.8, 4) is 0 Å². The lowest BCUT2D eigenvalue weighted by atomic mass is 9.91. The molecule has 0 aliphatic rings. The SMILES string of the molecule is Cc1ccc(C(C/C=C/Cc2ccccc2)C/C=C/Cc2ccccc2)cc1. The van der Waals surface area contributed by atoms with Gasteiger partial charge in [0.2, 0.25) is 0 Å². The van der Waals surface area contributed by atoms with Crippen LogP contribution in [0.2, 0.25) is 0 Å². The standard InChI is InChI=1S/C28H30/c1-24-20-22-28(23-21-24)27(18-10-8-16-25-12-4-2-5-13-25)19-11-9-17-26-14-6-3-7-15-26/h2-15,20-23,27H,16-19H2,1H3/b10-8+,11-9+. The summed E-state index contributed by atoms with van der Waals surface area (Å²) < 4.78 is 0. The van der Waals surface area contributed by atoms with Crippen molar-refractivity contribution in [2.75, 3.05) is 0 Å². The molecule has 0 aliphatic carbocycles. The average Bonchev–Trinajstić information content (AvgIpc) is 2.75. The summed E-state index contributed by atoms with van der Waals surface area (Å²) in [5, 5.41) is 0. The third-order valence-electron chi connectivity index (χ3n) is 5.12. The van der Waals surface area contributed by atoms with Gasteiger partial charge in [0, 0.05) is 0 Å². The minimum absolute atomic E-state index is 0.527. The van der Waals surface area contributed by atoms with Gasteiger partial charge in [0.05, 0.1) is 0 Å². The summed E-state index contributed by atoms with van der Waals surface area (Å²) in [4.78, 5) is 0. The fraction of sp³-hybridized carbons (Fsp3) is 0.214. The molecule has 142 valence electrons. The van der Waals surface area contributed by atoms with Crippen LogP contribution in [-0.2, 0) is 12.8 Å². The molecule has 0 saturated carbocycles. The Hall–Kier alpha value is -2.86. The third-order valence-corrected chi connectivity index (χ3v) is 5.12. The highest BCUT2D eigenvalue weighted by molar-refractivity contribution is 5.26. The lowest BCUT2D eigenvalue weighted by Gasteiger charge is -2.14. The summed E-state index contributed by atoms with van der Waals surface area (Å²) >= 11 is 0. The number of allylic oxidation sites excluding steroid dienone is 4. The second kappa shape index (κ2) is 11.1. The van der Waals surface area contributed by atoms with Crippen LogP contribution >= 0.6 is 0 Å². The van der Waals surface area contributed by atoms with Gasteiger partial charge in [-0.2, -0.15) is 0 Å². The van der Waals surface area contributed by atoms with Crippen molar-refractivity contribution < 1.29 is 0 Å². The summed E-state index contributed by atoms with van der Waals surface area (Å²) in [5.74, 6) is 0.527. The van der Waals surface area contributed by atoms with Crippen LogP contribution in [0.4, 0.5) is 0 Å². The molecule has 0 nitrogen and oxygen atoms in total. The quantitative estimate of drug-likeness (QED) is 0.345. The average molecular weight is 367 g/mol. The van der Waals surface area contributed by atoms with E-state index in [0.29, 0.717) is 5.92 Å². The monoisotopic (exact) mass is 366 g/mol. The van der Waals surface area contributed by atoms with Crippen LogP contribution < -0.4 is 0 Å². The Morgan fingerprint density at radius 1 is 0.571 bits per heavy atom. The van der Waals surface area contributed by atoms with Crippen LogP contribution in [-0.4, -0.2) is 0 Å². The number of benzene rings is 3. The first kappa shape index (κ1) is 19.9. The van der Waals surface area contributed by atoms with Crippen LogP contribution in [0.25, 0.3) is 0 Å². The van der Waals surface area contributed by atoms with Gasteiger partial charge in [0.15, 0.2) is 0 Å². The summed E-state index contributed by atoms with van der Waals surface area (Å²) in [6, 6.07) is 30.4. The van der Waals surface area contributed by atoms with Gasteiger partial charge in [0.1, 0.15) is 0 Å². The fourth-order valence-corrected chi connectivity index (χ4v) is 3.40. The molecule has 0 radical (unpaired) electrons. The molecule has 0 fully saturated rings. The molecule has 0 spiro atoms. The zero-order valence-corrected chi connectivity index (χ0v) is 16.8. The second-order valence-electron chi connectivity index (χ2n) is 7.40. The smallest absolute Gasteiger partial charge is 0.00928 e. The molecule has 0 N–H and O–H groups in total. The second-order valence-corrected chi connectivity index (χ2v) is 7.40. The van der Waals surface area contributed by atoms with Crippen molar-refractivity contribution in [3.05, 3.63) is 131 Å². The van der Waals surface area contributed by atoms with E-state index in [4.69, 9.17) is 0 Å². The Labute approximate surface area is 170 Å². The molecule has 0 heterocycles. The van der Waals surface area contributed by atoms with Gasteiger partial charge in [-0.3, -0.25) is 0 Å². The molecule has 0 aromatic heterocycles. The highest BCUT2D eigenvalue weighted by atomic mass is 14.1. The Kier molecular flexibility index (Phi) is 7.88. The van der Waals surface area contributed by atoms with Crippen molar-refractivity contribution in [2.45, 2.75) is 38.5 Å². The molecule has 0 amide bonds. The van der Waals surface area contributed by atoms with E-state index in [0.717, 1.165) is 25.7 Å². The summed E-state index contributed by atoms with van der Waals surface area (Å²) in [6.45, 7) is 2.15. The van der Waals surface area contributed by atoms with E-state index in [1.807, 2.05) is 0 Å². The van der Waals surface area contributed by atoms with Crippen LogP contribution in [0.5, 0.6) is 0 Å². The molecule has 0 bridgehead atoms. The van der Waals surface area contributed by atoms with E-state index in [2.05, 4.69) is 116 Å². The number of hydrogen-bond donors (Lipinski definition) is 0. The molecular weight excluding hydrogens is 336 g/mol. The molecule has 0 aliphatic heterocycles. The van der Waals surface area contributed by atoms with E-state index in [9.17, 15) is 0 Å². The molecule has 28 heavy (non-hydrogen) atoms. The predicted molar refractivity (Wildman–Crippen MR) is 122 cm³/mol. The first-order valence-electron chi connectivity index (χ1n) is 10.3. The molecule has 3 aromatic rings. The first-order valence-corrected chi connectivity index (χ1v) is 10.3. The van der Waals surface area contributed by atoms with Crippen LogP contribution in [0.1, 0.15) is 41.0 Å². The Morgan fingerprint density at radius 3 is 1.50 bits per heavy atom. The van der Waals surface area contributed by atoms with E-state index < -0.39 is 0 Å². The largest absolute Gasteiger partial charge is 0.0876 e. The molecule has 0 unspecified atom stereocenters. The number of rotatable bonds is 9. The van der Waals surface area contributed by atoms with Gasteiger partial charge < -0.3 is 0 Å². The van der Waals surface area contributed by atoms with Gasteiger partial charge in [-0.25, -0.2) is 0 Å². The first-order chi connectivity index (χ1) is 13.8. The zero-order valence-electron chi connectivity index (χ0n) is 16.8. The Morgan fingerprint density at radius 2 is 1.04 bits per heavy atom. The zero-order chi connectivity index (χ0) is 19.4. The summed E-state index contributed by atoms with van der Waals surface area (Å²) in [7, 11) is 0. The molecule has 3 rings (SSSR count). The summed E-state index contributed by atoms with van der Waals surface area (Å²) in [5.41, 5.74) is 5.49. The van der Waals surface area contributed by atoms with Crippen LogP contribution in [0, 0.1) is 6.92 Å². The Balaban J connectivity index is 1.59. The highest BCUT2D eigenvalue weighted by Gasteiger charge is 2.08. The lowest BCUT2D eigenvalue weighted by Crippen LogP contribution is -1.97. The predicted octanol–water partition coefficient (Wildman–Crippen LogP) is 7.46. The normalized spacial score (nSPS) is 11.6. The minimum atomic E-state index is 0.527. The van der Waals surface area contributed by atoms with Crippen LogP contribution in [0.3, 0.4) is 0 Å². The van der Waals surface area contributed by atoms with Crippen molar-refractivity contribution in [2.24, 2.45) is 0 Å². The van der Waals surface area contributed by atoms with Crippen molar-refractivity contribution in [1.29, 1.82) is 0 Å². The van der Waals surface area contributed by atoms with Gasteiger partial charge >= 0.3 is 0 Å². The lowest BCUT2D eigenvalue weighted by molar-refractivity contribution is 0.709. The molecular formula is C28H30. The van der Waals surface area contributed by atoms with E-state index in [1.54, 1.807) is 0 Å². The maximum atomic E-state index is 2.35. The minimum Gasteiger partial charge on any atom is -0.0876 e. The van der Waals surface area contributed by atoms with E-state index >= 15 is 0 Å². The molecule has 3 aromatic carbocycles. The highest BCUT2D eigenvalue weighted by Crippen LogP contribution is 2.25. The molecule has 0 atom stereocenters. The van der Waals surface area contributed by atoms with Gasteiger partial charge in [-0.1, -0.05) is 115 Å².